The van der Waals surface area contributed by atoms with Gasteiger partial charge in [0.15, 0.2) is 11.1 Å². The average Bonchev–Trinajstić information content (AvgIpc) is 2.71. The molecular weight excluding hydrogens is 192 g/mol. The summed E-state index contributed by atoms with van der Waals surface area (Å²) < 4.78 is 10.7. The molecule has 2 rings (SSSR count). The molecule has 0 fully saturated rings. The Bertz CT molecular complexity index is 465. The zero-order valence-corrected chi connectivity index (χ0v) is 8.86. The quantitative estimate of drug-likeness (QED) is 0.836. The summed E-state index contributed by atoms with van der Waals surface area (Å²) in [5, 5.41) is 0. The van der Waals surface area contributed by atoms with Crippen molar-refractivity contribution in [1.29, 1.82) is 0 Å². The number of hydrogen-bond donors (Lipinski definition) is 1. The van der Waals surface area contributed by atoms with E-state index >= 15 is 0 Å². The van der Waals surface area contributed by atoms with E-state index in [2.05, 4.69) is 4.98 Å². The second-order valence-corrected chi connectivity index (χ2v) is 3.37. The highest BCUT2D eigenvalue weighted by Crippen LogP contribution is 2.27. The van der Waals surface area contributed by atoms with Crippen LogP contribution in [0, 0.1) is 0 Å². The highest BCUT2D eigenvalue weighted by atomic mass is 16.5. The van der Waals surface area contributed by atoms with Gasteiger partial charge in [-0.15, -0.1) is 0 Å². The molecule has 0 aliphatic rings. The van der Waals surface area contributed by atoms with Crippen LogP contribution in [0.2, 0.25) is 0 Å². The average molecular weight is 206 g/mol. The second-order valence-electron chi connectivity index (χ2n) is 3.37. The van der Waals surface area contributed by atoms with Crippen LogP contribution in [0.4, 0.5) is 0 Å². The summed E-state index contributed by atoms with van der Waals surface area (Å²) in [4.78, 5) is 4.34. The molecule has 15 heavy (non-hydrogen) atoms. The Balaban J connectivity index is 2.55. The van der Waals surface area contributed by atoms with Gasteiger partial charge in [-0.3, -0.25) is 0 Å². The van der Waals surface area contributed by atoms with E-state index in [4.69, 9.17) is 14.9 Å². The summed E-state index contributed by atoms with van der Waals surface area (Å²) in [5.74, 6) is 1.28. The maximum atomic E-state index is 5.85. The molecule has 1 heterocycles. The minimum atomic E-state index is -0.151. The van der Waals surface area contributed by atoms with Gasteiger partial charge in [-0.25, -0.2) is 4.98 Å². The standard InChI is InChI=1S/C11H14N2O2/c1-3-7(12)11-13-10-8(14-2)5-4-6-9(10)15-11/h4-7H,3,12H2,1-2H3. The molecule has 0 bridgehead atoms. The molecule has 2 aromatic rings. The van der Waals surface area contributed by atoms with Gasteiger partial charge in [0.05, 0.1) is 13.2 Å². The molecule has 4 nitrogen and oxygen atoms in total. The Morgan fingerprint density at radius 3 is 3.00 bits per heavy atom. The van der Waals surface area contributed by atoms with Crippen LogP contribution in [0.15, 0.2) is 22.6 Å². The van der Waals surface area contributed by atoms with E-state index in [1.807, 2.05) is 25.1 Å². The molecule has 4 heteroatoms. The lowest BCUT2D eigenvalue weighted by Crippen LogP contribution is -2.08. The Labute approximate surface area is 88.0 Å². The van der Waals surface area contributed by atoms with E-state index in [0.29, 0.717) is 17.2 Å². The SMILES string of the molecule is CCC(N)c1nc2c(OC)cccc2o1. The van der Waals surface area contributed by atoms with Gasteiger partial charge in [0.2, 0.25) is 5.89 Å². The van der Waals surface area contributed by atoms with E-state index in [0.717, 1.165) is 11.9 Å². The molecule has 0 aliphatic heterocycles. The fourth-order valence-corrected chi connectivity index (χ4v) is 1.44. The van der Waals surface area contributed by atoms with Crippen molar-refractivity contribution in [1.82, 2.24) is 4.98 Å². The number of para-hydroxylation sites is 1. The molecule has 1 atom stereocenters. The van der Waals surface area contributed by atoms with Gasteiger partial charge in [-0.1, -0.05) is 13.0 Å². The van der Waals surface area contributed by atoms with Crippen molar-refractivity contribution in [2.24, 2.45) is 5.73 Å². The van der Waals surface area contributed by atoms with Crippen molar-refractivity contribution in [3.63, 3.8) is 0 Å². The summed E-state index contributed by atoms with van der Waals surface area (Å²) in [6.45, 7) is 2.00. The molecule has 80 valence electrons. The van der Waals surface area contributed by atoms with Crippen LogP contribution in [0.1, 0.15) is 25.3 Å². The molecule has 1 aromatic carbocycles. The van der Waals surface area contributed by atoms with Crippen molar-refractivity contribution in [2.75, 3.05) is 7.11 Å². The van der Waals surface area contributed by atoms with E-state index in [9.17, 15) is 0 Å². The number of oxazole rings is 1. The van der Waals surface area contributed by atoms with Crippen LogP contribution in [-0.4, -0.2) is 12.1 Å². The predicted molar refractivity (Wildman–Crippen MR) is 57.8 cm³/mol. The Kier molecular flexibility index (Phi) is 2.60. The number of ether oxygens (including phenoxy) is 1. The van der Waals surface area contributed by atoms with Crippen molar-refractivity contribution >= 4 is 11.1 Å². The van der Waals surface area contributed by atoms with E-state index in [1.165, 1.54) is 0 Å². The summed E-state index contributed by atoms with van der Waals surface area (Å²) >= 11 is 0. The largest absolute Gasteiger partial charge is 0.494 e. The third-order valence-electron chi connectivity index (χ3n) is 2.38. The van der Waals surface area contributed by atoms with Crippen LogP contribution >= 0.6 is 0 Å². The van der Waals surface area contributed by atoms with Crippen molar-refractivity contribution in [3.05, 3.63) is 24.1 Å². The fourth-order valence-electron chi connectivity index (χ4n) is 1.44. The molecule has 1 unspecified atom stereocenters. The van der Waals surface area contributed by atoms with Crippen LogP contribution in [-0.2, 0) is 0 Å². The van der Waals surface area contributed by atoms with Crippen molar-refractivity contribution in [2.45, 2.75) is 19.4 Å². The minimum absolute atomic E-state index is 0.151. The molecule has 0 radical (unpaired) electrons. The van der Waals surface area contributed by atoms with Crippen LogP contribution in [0.5, 0.6) is 5.75 Å². The predicted octanol–water partition coefficient (Wildman–Crippen LogP) is 2.25. The van der Waals surface area contributed by atoms with Crippen molar-refractivity contribution in [3.8, 4) is 5.75 Å². The number of rotatable bonds is 3. The molecule has 0 aliphatic carbocycles. The van der Waals surface area contributed by atoms with Gasteiger partial charge in [-0.2, -0.15) is 0 Å². The highest BCUT2D eigenvalue weighted by Gasteiger charge is 2.14. The van der Waals surface area contributed by atoms with Gasteiger partial charge in [0.25, 0.3) is 0 Å². The maximum absolute atomic E-state index is 5.85. The topological polar surface area (TPSA) is 61.3 Å². The second kappa shape index (κ2) is 3.90. The lowest BCUT2D eigenvalue weighted by molar-refractivity contribution is 0.419. The number of nitrogens with zero attached hydrogens (tertiary/aromatic N) is 1. The summed E-state index contributed by atoms with van der Waals surface area (Å²) in [5.41, 5.74) is 7.30. The van der Waals surface area contributed by atoms with Crippen LogP contribution in [0.25, 0.3) is 11.1 Å². The van der Waals surface area contributed by atoms with Crippen LogP contribution in [0.3, 0.4) is 0 Å². The maximum Gasteiger partial charge on any atom is 0.212 e. The van der Waals surface area contributed by atoms with E-state index in [-0.39, 0.29) is 6.04 Å². The van der Waals surface area contributed by atoms with Gasteiger partial charge in [0, 0.05) is 0 Å². The lowest BCUT2D eigenvalue weighted by atomic mass is 10.2. The summed E-state index contributed by atoms with van der Waals surface area (Å²) in [6, 6.07) is 5.43. The molecule has 2 N–H and O–H groups in total. The van der Waals surface area contributed by atoms with E-state index in [1.54, 1.807) is 7.11 Å². The normalized spacial score (nSPS) is 13.0. The first kappa shape index (κ1) is 9.98. The Morgan fingerprint density at radius 1 is 1.53 bits per heavy atom. The Morgan fingerprint density at radius 2 is 2.33 bits per heavy atom. The third kappa shape index (κ3) is 1.68. The molecule has 0 saturated heterocycles. The Hall–Kier alpha value is -1.55. The highest BCUT2D eigenvalue weighted by molar-refractivity contribution is 5.79. The van der Waals surface area contributed by atoms with E-state index < -0.39 is 0 Å². The molecule has 1 aromatic heterocycles. The molecule has 0 saturated carbocycles. The molecular formula is C11H14N2O2. The number of nitrogens with two attached hydrogens (primary N) is 1. The first-order valence-corrected chi connectivity index (χ1v) is 4.95. The lowest BCUT2D eigenvalue weighted by Gasteiger charge is -2.00. The smallest absolute Gasteiger partial charge is 0.212 e. The first-order chi connectivity index (χ1) is 7.26. The number of hydrogen-bond acceptors (Lipinski definition) is 4. The number of fused-ring (bicyclic) bond motifs is 1. The zero-order chi connectivity index (χ0) is 10.8. The number of methoxy groups -OCH3 is 1. The summed E-state index contributed by atoms with van der Waals surface area (Å²) in [7, 11) is 1.61. The monoisotopic (exact) mass is 206 g/mol. The van der Waals surface area contributed by atoms with Gasteiger partial charge in [0.1, 0.15) is 5.75 Å². The van der Waals surface area contributed by atoms with Gasteiger partial charge in [-0.05, 0) is 18.6 Å². The third-order valence-corrected chi connectivity index (χ3v) is 2.38. The molecule has 0 amide bonds. The summed E-state index contributed by atoms with van der Waals surface area (Å²) in [6.07, 6.45) is 0.801. The first-order valence-electron chi connectivity index (χ1n) is 4.95. The molecule has 0 spiro atoms. The number of aromatic nitrogens is 1. The van der Waals surface area contributed by atoms with Gasteiger partial charge < -0.3 is 14.9 Å². The fraction of sp³-hybridized carbons (Fsp3) is 0.364. The van der Waals surface area contributed by atoms with Crippen molar-refractivity contribution < 1.29 is 9.15 Å². The zero-order valence-electron chi connectivity index (χ0n) is 8.86. The number of benzene rings is 1. The minimum Gasteiger partial charge on any atom is -0.494 e. The van der Waals surface area contributed by atoms with Crippen LogP contribution < -0.4 is 10.5 Å². The van der Waals surface area contributed by atoms with Gasteiger partial charge >= 0.3 is 0 Å².